The van der Waals surface area contributed by atoms with E-state index in [4.69, 9.17) is 4.74 Å². The predicted octanol–water partition coefficient (Wildman–Crippen LogP) is 2.96. The van der Waals surface area contributed by atoms with Gasteiger partial charge in [-0.1, -0.05) is 26.2 Å². The van der Waals surface area contributed by atoms with Crippen molar-refractivity contribution in [1.29, 1.82) is 0 Å². The number of ketones is 1. The van der Waals surface area contributed by atoms with Crippen LogP contribution < -0.4 is 0 Å². The van der Waals surface area contributed by atoms with Crippen LogP contribution in [0.25, 0.3) is 0 Å². The van der Waals surface area contributed by atoms with E-state index < -0.39 is 0 Å². The van der Waals surface area contributed by atoms with E-state index >= 15 is 0 Å². The minimum Gasteiger partial charge on any atom is -0.385 e. The molecule has 0 amide bonds. The second kappa shape index (κ2) is 13.0. The van der Waals surface area contributed by atoms with Gasteiger partial charge >= 0.3 is 0 Å². The molecule has 0 aromatic heterocycles. The average molecular weight is 312 g/mol. The van der Waals surface area contributed by atoms with Crippen molar-refractivity contribution in [2.24, 2.45) is 0 Å². The van der Waals surface area contributed by atoms with Gasteiger partial charge in [-0.25, -0.2) is 0 Å². The zero-order valence-corrected chi connectivity index (χ0v) is 14.8. The third kappa shape index (κ3) is 9.54. The molecule has 4 nitrogen and oxygen atoms in total. The number of carbonyl (C=O) groups excluding carboxylic acids is 1. The second-order valence-corrected chi connectivity index (χ2v) is 6.44. The monoisotopic (exact) mass is 312 g/mol. The molecule has 1 rings (SSSR count). The number of rotatable bonds is 13. The van der Waals surface area contributed by atoms with Gasteiger partial charge in [0, 0.05) is 59.3 Å². The molecule has 1 fully saturated rings. The number of piperazine rings is 1. The van der Waals surface area contributed by atoms with Gasteiger partial charge in [-0.3, -0.25) is 4.79 Å². The minimum atomic E-state index is 0.420. The highest BCUT2D eigenvalue weighted by atomic mass is 16.5. The summed E-state index contributed by atoms with van der Waals surface area (Å²) in [4.78, 5) is 16.4. The van der Waals surface area contributed by atoms with Gasteiger partial charge in [0.15, 0.2) is 0 Å². The normalized spacial score (nSPS) is 17.0. The zero-order chi connectivity index (χ0) is 16.0. The summed E-state index contributed by atoms with van der Waals surface area (Å²) in [6.45, 7) is 10.1. The van der Waals surface area contributed by atoms with E-state index in [0.717, 1.165) is 25.9 Å². The Kier molecular flexibility index (Phi) is 11.6. The standard InChI is InChI=1S/C18H36N2O2/c1-3-18(21)10-7-5-4-6-8-11-19-13-15-20(16-14-19)12-9-17-22-2/h3-17H2,1-2H3. The summed E-state index contributed by atoms with van der Waals surface area (Å²) in [6.07, 6.45) is 8.87. The van der Waals surface area contributed by atoms with Crippen molar-refractivity contribution in [1.82, 2.24) is 9.80 Å². The van der Waals surface area contributed by atoms with Gasteiger partial charge < -0.3 is 14.5 Å². The fraction of sp³-hybridized carbons (Fsp3) is 0.944. The highest BCUT2D eigenvalue weighted by Crippen LogP contribution is 2.09. The average Bonchev–Trinajstić information content (AvgIpc) is 2.55. The summed E-state index contributed by atoms with van der Waals surface area (Å²) in [6, 6.07) is 0. The molecule has 0 saturated carbocycles. The zero-order valence-electron chi connectivity index (χ0n) is 14.8. The molecule has 1 saturated heterocycles. The molecule has 0 spiro atoms. The third-order valence-corrected chi connectivity index (χ3v) is 4.61. The Morgan fingerprint density at radius 1 is 0.864 bits per heavy atom. The largest absolute Gasteiger partial charge is 0.385 e. The molecule has 0 radical (unpaired) electrons. The van der Waals surface area contributed by atoms with Crippen LogP contribution in [0.5, 0.6) is 0 Å². The summed E-state index contributed by atoms with van der Waals surface area (Å²) in [5.41, 5.74) is 0. The summed E-state index contributed by atoms with van der Waals surface area (Å²) in [5.74, 6) is 0.420. The number of nitrogens with zero attached hydrogens (tertiary/aromatic N) is 2. The minimum absolute atomic E-state index is 0.420. The maximum atomic E-state index is 11.2. The summed E-state index contributed by atoms with van der Waals surface area (Å²) in [7, 11) is 1.78. The quantitative estimate of drug-likeness (QED) is 0.490. The van der Waals surface area contributed by atoms with Gasteiger partial charge in [-0.15, -0.1) is 0 Å². The number of Topliss-reactive ketones (excluding diaryl/α,β-unsaturated/α-hetero) is 1. The van der Waals surface area contributed by atoms with Crippen LogP contribution in [0.2, 0.25) is 0 Å². The van der Waals surface area contributed by atoms with E-state index in [-0.39, 0.29) is 0 Å². The summed E-state index contributed by atoms with van der Waals surface area (Å²) in [5, 5.41) is 0. The SMILES string of the molecule is CCC(=O)CCCCCCCN1CCN(CCCOC)CC1. The van der Waals surface area contributed by atoms with Crippen LogP contribution >= 0.6 is 0 Å². The first-order valence-electron chi connectivity index (χ1n) is 9.21. The van der Waals surface area contributed by atoms with E-state index in [9.17, 15) is 4.79 Å². The first-order chi connectivity index (χ1) is 10.8. The van der Waals surface area contributed by atoms with E-state index in [1.807, 2.05) is 6.92 Å². The van der Waals surface area contributed by atoms with Crippen molar-refractivity contribution in [2.75, 3.05) is 53.0 Å². The lowest BCUT2D eigenvalue weighted by atomic mass is 10.1. The first-order valence-corrected chi connectivity index (χ1v) is 9.21. The molecule has 0 aromatic carbocycles. The molecule has 4 heteroatoms. The number of hydrogen-bond donors (Lipinski definition) is 0. The molecule has 1 heterocycles. The maximum Gasteiger partial charge on any atom is 0.132 e. The van der Waals surface area contributed by atoms with Crippen molar-refractivity contribution in [3.63, 3.8) is 0 Å². The van der Waals surface area contributed by atoms with Crippen molar-refractivity contribution in [3.05, 3.63) is 0 Å². The van der Waals surface area contributed by atoms with E-state index in [0.29, 0.717) is 12.2 Å². The molecule has 0 N–H and O–H groups in total. The van der Waals surface area contributed by atoms with Crippen LogP contribution in [0.3, 0.4) is 0 Å². The number of unbranched alkanes of at least 4 members (excludes halogenated alkanes) is 4. The molecule has 1 aliphatic rings. The Morgan fingerprint density at radius 2 is 1.41 bits per heavy atom. The molecular weight excluding hydrogens is 276 g/mol. The first kappa shape index (κ1) is 19.6. The topological polar surface area (TPSA) is 32.8 Å². The Hall–Kier alpha value is -0.450. The molecule has 0 bridgehead atoms. The van der Waals surface area contributed by atoms with Crippen LogP contribution in [-0.4, -0.2) is 68.6 Å². The Morgan fingerprint density at radius 3 is 2.00 bits per heavy atom. The maximum absolute atomic E-state index is 11.2. The van der Waals surface area contributed by atoms with Crippen LogP contribution in [0, 0.1) is 0 Å². The van der Waals surface area contributed by atoms with Crippen molar-refractivity contribution in [3.8, 4) is 0 Å². The molecule has 0 atom stereocenters. The molecule has 0 aliphatic carbocycles. The lowest BCUT2D eigenvalue weighted by Crippen LogP contribution is -2.46. The van der Waals surface area contributed by atoms with Crippen LogP contribution in [0.4, 0.5) is 0 Å². The lowest BCUT2D eigenvalue weighted by Gasteiger charge is -2.34. The molecule has 0 aromatic rings. The summed E-state index contributed by atoms with van der Waals surface area (Å²) < 4.78 is 5.11. The summed E-state index contributed by atoms with van der Waals surface area (Å²) >= 11 is 0. The predicted molar refractivity (Wildman–Crippen MR) is 92.4 cm³/mol. The third-order valence-electron chi connectivity index (χ3n) is 4.61. The molecule has 1 aliphatic heterocycles. The van der Waals surface area contributed by atoms with Gasteiger partial charge in [0.2, 0.25) is 0 Å². The Labute approximate surface area is 137 Å². The number of hydrogen-bond acceptors (Lipinski definition) is 4. The smallest absolute Gasteiger partial charge is 0.132 e. The molecule has 0 unspecified atom stereocenters. The van der Waals surface area contributed by atoms with Gasteiger partial charge in [0.25, 0.3) is 0 Å². The van der Waals surface area contributed by atoms with Crippen molar-refractivity contribution < 1.29 is 9.53 Å². The number of ether oxygens (including phenoxy) is 1. The Bertz CT molecular complexity index is 276. The fourth-order valence-electron chi connectivity index (χ4n) is 3.03. The second-order valence-electron chi connectivity index (χ2n) is 6.44. The highest BCUT2D eigenvalue weighted by Gasteiger charge is 2.15. The van der Waals surface area contributed by atoms with E-state index in [2.05, 4.69) is 9.80 Å². The van der Waals surface area contributed by atoms with E-state index in [1.165, 1.54) is 65.0 Å². The van der Waals surface area contributed by atoms with Crippen LogP contribution in [0.1, 0.15) is 58.3 Å². The molecule has 22 heavy (non-hydrogen) atoms. The van der Waals surface area contributed by atoms with Crippen molar-refractivity contribution >= 4 is 5.78 Å². The van der Waals surface area contributed by atoms with Gasteiger partial charge in [-0.05, 0) is 25.8 Å². The highest BCUT2D eigenvalue weighted by molar-refractivity contribution is 5.77. The van der Waals surface area contributed by atoms with Gasteiger partial charge in [0.05, 0.1) is 0 Å². The van der Waals surface area contributed by atoms with Crippen LogP contribution in [0.15, 0.2) is 0 Å². The van der Waals surface area contributed by atoms with Gasteiger partial charge in [0.1, 0.15) is 5.78 Å². The molecule has 130 valence electrons. The fourth-order valence-corrected chi connectivity index (χ4v) is 3.03. The van der Waals surface area contributed by atoms with E-state index in [1.54, 1.807) is 7.11 Å². The Balaban J connectivity index is 1.89. The van der Waals surface area contributed by atoms with Crippen molar-refractivity contribution in [2.45, 2.75) is 58.3 Å². The van der Waals surface area contributed by atoms with Crippen LogP contribution in [-0.2, 0) is 9.53 Å². The molecular formula is C18H36N2O2. The van der Waals surface area contributed by atoms with Gasteiger partial charge in [-0.2, -0.15) is 0 Å². The number of carbonyl (C=O) groups is 1. The lowest BCUT2D eigenvalue weighted by molar-refractivity contribution is -0.118. The number of methoxy groups -OCH3 is 1.